The van der Waals surface area contributed by atoms with Crippen LogP contribution in [0.3, 0.4) is 0 Å². The molecular formula is C16H27BN3O7PS2. The molecule has 1 aromatic heterocycles. The molecule has 2 radical (unpaired) electrons. The molecule has 0 aromatic carbocycles. The van der Waals surface area contributed by atoms with Crippen molar-refractivity contribution in [2.75, 3.05) is 12.5 Å². The molecule has 2 rings (SSSR count). The zero-order valence-electron chi connectivity index (χ0n) is 17.3. The van der Waals surface area contributed by atoms with Crippen molar-refractivity contribution in [2.24, 2.45) is 5.73 Å². The van der Waals surface area contributed by atoms with Crippen LogP contribution in [0.2, 0.25) is 0 Å². The summed E-state index contributed by atoms with van der Waals surface area (Å²) in [5, 5.41) is 0. The molecule has 0 bridgehead atoms. The van der Waals surface area contributed by atoms with Gasteiger partial charge in [-0.15, -0.1) is 0 Å². The zero-order valence-corrected chi connectivity index (χ0v) is 19.8. The van der Waals surface area contributed by atoms with E-state index in [2.05, 4.69) is 4.98 Å². The first kappa shape index (κ1) is 25.7. The topological polar surface area (TPSA) is 146 Å². The average Bonchev–Trinajstić information content (AvgIpc) is 3.02. The van der Waals surface area contributed by atoms with E-state index in [0.717, 1.165) is 0 Å². The predicted octanol–water partition coefficient (Wildman–Crippen LogP) is 1.27. The molecule has 30 heavy (non-hydrogen) atoms. The van der Waals surface area contributed by atoms with E-state index in [0.29, 0.717) is 5.56 Å². The molecule has 1 aliphatic heterocycles. The lowest BCUT2D eigenvalue weighted by molar-refractivity contribution is -0.0522. The highest BCUT2D eigenvalue weighted by Crippen LogP contribution is 2.46. The molecule has 0 amide bonds. The minimum Gasteiger partial charge on any atom is -0.364 e. The van der Waals surface area contributed by atoms with Gasteiger partial charge in [0, 0.05) is 18.2 Å². The number of hydrogen-bond acceptors (Lipinski definition) is 9. The number of H-pyrrole nitrogens is 1. The summed E-state index contributed by atoms with van der Waals surface area (Å²) in [6.07, 6.45) is -0.276. The molecule has 3 unspecified atom stereocenters. The maximum Gasteiger partial charge on any atom is 0.344 e. The molecule has 0 aliphatic carbocycles. The maximum atomic E-state index is 12.2. The summed E-state index contributed by atoms with van der Waals surface area (Å²) in [6.45, 7) is 6.44. The Bertz CT molecular complexity index is 889. The Morgan fingerprint density at radius 3 is 2.80 bits per heavy atom. The van der Waals surface area contributed by atoms with Crippen molar-refractivity contribution in [1.82, 2.24) is 9.55 Å². The molecule has 1 saturated heterocycles. The van der Waals surface area contributed by atoms with E-state index >= 15 is 0 Å². The van der Waals surface area contributed by atoms with Gasteiger partial charge in [-0.3, -0.25) is 18.9 Å². The Balaban J connectivity index is 2.12. The van der Waals surface area contributed by atoms with Gasteiger partial charge in [-0.2, -0.15) is 0 Å². The van der Waals surface area contributed by atoms with Crippen LogP contribution in [0.25, 0.3) is 0 Å². The molecule has 1 aliphatic rings. The molecule has 0 saturated carbocycles. The maximum absolute atomic E-state index is 12.2. The number of nitrogens with one attached hydrogen (secondary N) is 1. The number of aromatic amines is 1. The first-order chi connectivity index (χ1) is 13.8. The van der Waals surface area contributed by atoms with Crippen molar-refractivity contribution in [1.29, 1.82) is 0 Å². The Kier molecular flexibility index (Phi) is 8.92. The Morgan fingerprint density at radius 2 is 2.20 bits per heavy atom. The smallest absolute Gasteiger partial charge is 0.344 e. The highest BCUT2D eigenvalue weighted by Gasteiger charge is 2.39. The fraction of sp³-hybridized carbons (Fsp3) is 0.750. The third-order valence-electron chi connectivity index (χ3n) is 4.18. The fourth-order valence-electron chi connectivity index (χ4n) is 2.59. The number of aryl methyl sites for hydroxylation is 1. The zero-order chi connectivity index (χ0) is 22.7. The number of aromatic nitrogens is 2. The number of nitrogens with two attached hydrogens (primary N) is 1. The van der Waals surface area contributed by atoms with Crippen molar-refractivity contribution in [3.63, 3.8) is 0 Å². The van der Waals surface area contributed by atoms with Crippen LogP contribution in [0.4, 0.5) is 0 Å². The van der Waals surface area contributed by atoms with Crippen LogP contribution in [0.1, 0.15) is 39.0 Å². The fourth-order valence-corrected chi connectivity index (χ4v) is 4.99. The lowest BCUT2D eigenvalue weighted by atomic mass is 9.91. The highest BCUT2D eigenvalue weighted by atomic mass is 33.1. The molecule has 2 heterocycles. The monoisotopic (exact) mass is 479 g/mol. The first-order valence-corrected chi connectivity index (χ1v) is 13.2. The van der Waals surface area contributed by atoms with E-state index in [1.165, 1.54) is 39.3 Å². The van der Waals surface area contributed by atoms with E-state index in [1.54, 1.807) is 6.92 Å². The van der Waals surface area contributed by atoms with Gasteiger partial charge in [0.1, 0.15) is 24.1 Å². The van der Waals surface area contributed by atoms with Crippen molar-refractivity contribution in [3.8, 4) is 0 Å². The molecular weight excluding hydrogens is 452 g/mol. The van der Waals surface area contributed by atoms with Gasteiger partial charge >= 0.3 is 13.3 Å². The van der Waals surface area contributed by atoms with Gasteiger partial charge in [0.2, 0.25) is 0 Å². The Hall–Kier alpha value is -0.525. The van der Waals surface area contributed by atoms with Crippen molar-refractivity contribution in [2.45, 2.75) is 63.0 Å². The minimum absolute atomic E-state index is 0.242. The summed E-state index contributed by atoms with van der Waals surface area (Å²) < 4.78 is 29.7. The largest absolute Gasteiger partial charge is 0.364 e. The van der Waals surface area contributed by atoms with Crippen LogP contribution in [-0.4, -0.2) is 57.5 Å². The number of rotatable bonds is 10. The van der Waals surface area contributed by atoms with E-state index in [1.807, 2.05) is 13.8 Å². The van der Waals surface area contributed by atoms with Crippen LogP contribution in [0.5, 0.6) is 0 Å². The van der Waals surface area contributed by atoms with Crippen LogP contribution in [0.15, 0.2) is 15.8 Å². The second-order valence-electron chi connectivity index (χ2n) is 7.57. The lowest BCUT2D eigenvalue weighted by Gasteiger charge is -2.22. The summed E-state index contributed by atoms with van der Waals surface area (Å²) in [5.74, 6) is -0.774. The highest BCUT2D eigenvalue weighted by molar-refractivity contribution is 8.77. The summed E-state index contributed by atoms with van der Waals surface area (Å²) in [5.41, 5.74) is 4.75. The third-order valence-corrected chi connectivity index (χ3v) is 8.44. The number of ether oxygens (including phenoxy) is 2. The quantitative estimate of drug-likeness (QED) is 0.147. The Morgan fingerprint density at radius 1 is 1.53 bits per heavy atom. The summed E-state index contributed by atoms with van der Waals surface area (Å²) in [7, 11) is 4.77. The van der Waals surface area contributed by atoms with Crippen molar-refractivity contribution in [3.05, 3.63) is 32.6 Å². The van der Waals surface area contributed by atoms with Gasteiger partial charge in [-0.05, 0) is 18.5 Å². The molecule has 1 fully saturated rings. The van der Waals surface area contributed by atoms with Gasteiger partial charge < -0.3 is 24.6 Å². The van der Waals surface area contributed by atoms with E-state index in [-0.39, 0.29) is 19.0 Å². The molecule has 1 aromatic rings. The first-order valence-electron chi connectivity index (χ1n) is 9.21. The molecule has 0 spiro atoms. The van der Waals surface area contributed by atoms with Crippen molar-refractivity contribution >= 4 is 37.0 Å². The molecule has 5 atom stereocenters. The molecule has 168 valence electrons. The van der Waals surface area contributed by atoms with Gasteiger partial charge in [0.15, 0.2) is 0 Å². The molecule has 14 heteroatoms. The van der Waals surface area contributed by atoms with E-state index < -0.39 is 47.7 Å². The van der Waals surface area contributed by atoms with Crippen molar-refractivity contribution < 1.29 is 23.5 Å². The Labute approximate surface area is 184 Å². The standard InChI is InChI=1S/C16H27BN3O7PS2/c1-9-6-20(15(22)19-14(9)21)13-5-11(25-8-29-30-16(3,4)17)12(27-13)7-26-28(23,24)10(2)18/h6,10-13H,5,7-8,18H2,1-4H3,(H,23,24)(H,19,21,22)/t10?,11-,12?,13-/m1/s1. The summed E-state index contributed by atoms with van der Waals surface area (Å²) in [4.78, 5) is 35.9. The average molecular weight is 479 g/mol. The molecule has 4 N–H and O–H groups in total. The van der Waals surface area contributed by atoms with E-state index in [4.69, 9.17) is 27.6 Å². The van der Waals surface area contributed by atoms with Crippen LogP contribution >= 0.6 is 29.2 Å². The minimum atomic E-state index is -4.01. The third kappa shape index (κ3) is 7.27. The number of nitrogens with zero attached hydrogens (tertiary/aromatic N) is 1. The van der Waals surface area contributed by atoms with Gasteiger partial charge in [0.25, 0.3) is 5.56 Å². The lowest BCUT2D eigenvalue weighted by Crippen LogP contribution is -2.33. The van der Waals surface area contributed by atoms with Crippen LogP contribution in [-0.2, 0) is 18.6 Å². The van der Waals surface area contributed by atoms with Gasteiger partial charge in [0.05, 0.1) is 20.6 Å². The van der Waals surface area contributed by atoms with Crippen LogP contribution < -0.4 is 17.0 Å². The molecule has 10 nitrogen and oxygen atoms in total. The second-order valence-corrected chi connectivity index (χ2v) is 12.7. The summed E-state index contributed by atoms with van der Waals surface area (Å²) >= 11 is 0. The normalized spacial score (nSPS) is 25.2. The van der Waals surface area contributed by atoms with Crippen LogP contribution in [0, 0.1) is 6.92 Å². The van der Waals surface area contributed by atoms with Gasteiger partial charge in [-0.25, -0.2) is 4.79 Å². The predicted molar refractivity (Wildman–Crippen MR) is 119 cm³/mol. The van der Waals surface area contributed by atoms with Gasteiger partial charge in [-0.1, -0.05) is 35.4 Å². The SMILES string of the molecule is [B]C(C)(C)SSCO[C@@H]1C[C@H](n2cc(C)c(=O)[nH]c2=O)OC1COP(=O)(O)C(C)N. The van der Waals surface area contributed by atoms with E-state index in [9.17, 15) is 19.0 Å². The summed E-state index contributed by atoms with van der Waals surface area (Å²) in [6, 6.07) is 0. The second kappa shape index (κ2) is 10.4. The number of hydrogen-bond donors (Lipinski definition) is 3.